The molecule has 0 aliphatic carbocycles. The Morgan fingerprint density at radius 1 is 0.217 bits per heavy atom. The Labute approximate surface area is 268 Å². The van der Waals surface area contributed by atoms with Gasteiger partial charge in [-0.1, -0.05) is 164 Å². The van der Waals surface area contributed by atoms with Gasteiger partial charge < -0.3 is 0 Å². The number of benzene rings is 9. The third-order valence-electron chi connectivity index (χ3n) is 9.43. The molecule has 0 aliphatic rings. The summed E-state index contributed by atoms with van der Waals surface area (Å²) < 4.78 is 0. The van der Waals surface area contributed by atoms with Gasteiger partial charge in [-0.3, -0.25) is 0 Å². The topological polar surface area (TPSA) is 0 Å². The molecule has 0 aromatic heterocycles. The summed E-state index contributed by atoms with van der Waals surface area (Å²) in [5, 5.41) is 10.1. The second kappa shape index (κ2) is 10.9. The molecule has 46 heavy (non-hydrogen) atoms. The van der Waals surface area contributed by atoms with Crippen LogP contribution in [0.2, 0.25) is 0 Å². The highest BCUT2D eigenvalue weighted by molar-refractivity contribution is 6.23. The van der Waals surface area contributed by atoms with E-state index in [4.69, 9.17) is 0 Å². The third-order valence-corrected chi connectivity index (χ3v) is 9.43. The molecule has 0 saturated heterocycles. The van der Waals surface area contributed by atoms with Gasteiger partial charge in [-0.2, -0.15) is 0 Å². The second-order valence-corrected chi connectivity index (χ2v) is 12.1. The van der Waals surface area contributed by atoms with Gasteiger partial charge in [0.15, 0.2) is 0 Å². The number of hydrogen-bond acceptors (Lipinski definition) is 0. The summed E-state index contributed by atoms with van der Waals surface area (Å²) in [6, 6.07) is 66.6. The van der Waals surface area contributed by atoms with Gasteiger partial charge in [0, 0.05) is 0 Å². The van der Waals surface area contributed by atoms with Crippen LogP contribution in [-0.2, 0) is 0 Å². The van der Waals surface area contributed by atoms with Crippen molar-refractivity contribution in [2.45, 2.75) is 0 Å². The van der Waals surface area contributed by atoms with E-state index >= 15 is 0 Å². The van der Waals surface area contributed by atoms with Crippen molar-refractivity contribution in [2.75, 3.05) is 0 Å². The van der Waals surface area contributed by atoms with E-state index in [1.165, 1.54) is 87.6 Å². The molecule has 0 N–H and O–H groups in total. The van der Waals surface area contributed by atoms with Crippen LogP contribution < -0.4 is 0 Å². The fourth-order valence-corrected chi connectivity index (χ4v) is 7.24. The van der Waals surface area contributed by atoms with Gasteiger partial charge in [0.2, 0.25) is 0 Å². The average molecular weight is 583 g/mol. The van der Waals surface area contributed by atoms with Gasteiger partial charge in [0.05, 0.1) is 0 Å². The lowest BCUT2D eigenvalue weighted by Gasteiger charge is -2.20. The van der Waals surface area contributed by atoms with E-state index in [1.54, 1.807) is 0 Å². The van der Waals surface area contributed by atoms with E-state index in [0.29, 0.717) is 0 Å². The molecule has 0 spiro atoms. The van der Waals surface area contributed by atoms with Gasteiger partial charge in [0.25, 0.3) is 0 Å². The van der Waals surface area contributed by atoms with Crippen LogP contribution in [-0.4, -0.2) is 0 Å². The van der Waals surface area contributed by atoms with Crippen LogP contribution in [0.4, 0.5) is 0 Å². The number of fused-ring (bicyclic) bond motifs is 4. The fraction of sp³-hybridized carbons (Fsp3) is 0. The SMILES string of the molecule is c1ccc(-c2cc(-c3c4ccccc4c(-c4ccc(-c5ccc6ccccc6c5)cc4)c4ccccc34)c3ccccc3c2)cc1. The van der Waals surface area contributed by atoms with E-state index in [2.05, 4.69) is 182 Å². The Kier molecular flexibility index (Phi) is 6.25. The Balaban J connectivity index is 1.28. The number of hydrogen-bond donors (Lipinski definition) is 0. The predicted molar refractivity (Wildman–Crippen MR) is 198 cm³/mol. The molecule has 9 aromatic rings. The molecule has 214 valence electrons. The molecule has 0 nitrogen and oxygen atoms in total. The second-order valence-electron chi connectivity index (χ2n) is 12.1. The first kappa shape index (κ1) is 26.4. The zero-order chi connectivity index (χ0) is 30.5. The quantitative estimate of drug-likeness (QED) is 0.181. The molecular formula is C46H30. The zero-order valence-corrected chi connectivity index (χ0v) is 25.3. The summed E-state index contributed by atoms with van der Waals surface area (Å²) in [7, 11) is 0. The Morgan fingerprint density at radius 2 is 0.674 bits per heavy atom. The van der Waals surface area contributed by atoms with Crippen LogP contribution in [0.5, 0.6) is 0 Å². The standard InChI is InChI=1S/C46H30/c1-2-12-31(13-3-1)38-29-37-16-6-7-17-39(37)44(30-38)46-42-20-10-8-18-40(42)45(41-19-9-11-21-43(41)46)34-25-22-33(23-26-34)36-27-24-32-14-4-5-15-35(32)28-36/h1-30H. The van der Waals surface area contributed by atoms with Gasteiger partial charge in [-0.25, -0.2) is 0 Å². The van der Waals surface area contributed by atoms with Crippen LogP contribution >= 0.6 is 0 Å². The molecule has 0 heterocycles. The number of rotatable bonds is 4. The monoisotopic (exact) mass is 582 g/mol. The highest BCUT2D eigenvalue weighted by atomic mass is 14.2. The summed E-state index contributed by atoms with van der Waals surface area (Å²) in [6.07, 6.45) is 0. The molecule has 0 atom stereocenters. The Hall–Kier alpha value is -5.98. The molecule has 9 aromatic carbocycles. The van der Waals surface area contributed by atoms with Crippen molar-refractivity contribution in [1.82, 2.24) is 0 Å². The van der Waals surface area contributed by atoms with Gasteiger partial charge in [0.1, 0.15) is 0 Å². The van der Waals surface area contributed by atoms with Crippen molar-refractivity contribution in [3.05, 3.63) is 182 Å². The predicted octanol–water partition coefficient (Wildman–Crippen LogP) is 13.0. The Morgan fingerprint density at radius 3 is 1.35 bits per heavy atom. The molecule has 9 rings (SSSR count). The highest BCUT2D eigenvalue weighted by Gasteiger charge is 2.19. The average Bonchev–Trinajstić information content (AvgIpc) is 3.13. The van der Waals surface area contributed by atoms with E-state index < -0.39 is 0 Å². The van der Waals surface area contributed by atoms with Crippen molar-refractivity contribution < 1.29 is 0 Å². The molecule has 0 heteroatoms. The minimum Gasteiger partial charge on any atom is -0.0622 e. The van der Waals surface area contributed by atoms with E-state index in [1.807, 2.05) is 0 Å². The van der Waals surface area contributed by atoms with E-state index in [0.717, 1.165) is 0 Å². The first-order valence-electron chi connectivity index (χ1n) is 15.9. The summed E-state index contributed by atoms with van der Waals surface area (Å²) in [6.45, 7) is 0. The fourth-order valence-electron chi connectivity index (χ4n) is 7.24. The van der Waals surface area contributed by atoms with Crippen molar-refractivity contribution in [3.63, 3.8) is 0 Å². The van der Waals surface area contributed by atoms with Crippen molar-refractivity contribution in [2.24, 2.45) is 0 Å². The lowest BCUT2D eigenvalue weighted by molar-refractivity contribution is 1.62. The van der Waals surface area contributed by atoms with Crippen molar-refractivity contribution in [1.29, 1.82) is 0 Å². The molecule has 0 unspecified atom stereocenters. The molecular weight excluding hydrogens is 553 g/mol. The lowest BCUT2D eigenvalue weighted by atomic mass is 9.83. The van der Waals surface area contributed by atoms with E-state index in [-0.39, 0.29) is 0 Å². The van der Waals surface area contributed by atoms with E-state index in [9.17, 15) is 0 Å². The summed E-state index contributed by atoms with van der Waals surface area (Å²) in [4.78, 5) is 0. The summed E-state index contributed by atoms with van der Waals surface area (Å²) in [5.41, 5.74) is 9.99. The largest absolute Gasteiger partial charge is 0.0622 e. The maximum atomic E-state index is 2.39. The van der Waals surface area contributed by atoms with Crippen molar-refractivity contribution >= 4 is 43.1 Å². The van der Waals surface area contributed by atoms with Crippen LogP contribution in [0, 0.1) is 0 Å². The van der Waals surface area contributed by atoms with Crippen LogP contribution in [0.15, 0.2) is 182 Å². The molecule has 0 radical (unpaired) electrons. The van der Waals surface area contributed by atoms with Gasteiger partial charge in [-0.05, 0) is 106 Å². The van der Waals surface area contributed by atoms with Gasteiger partial charge in [-0.15, -0.1) is 0 Å². The molecule has 0 amide bonds. The lowest BCUT2D eigenvalue weighted by Crippen LogP contribution is -1.92. The first-order chi connectivity index (χ1) is 22.8. The molecule has 0 bridgehead atoms. The molecule has 0 saturated carbocycles. The maximum Gasteiger partial charge on any atom is -0.00199 e. The minimum absolute atomic E-state index is 1.23. The van der Waals surface area contributed by atoms with Crippen molar-refractivity contribution in [3.8, 4) is 44.5 Å². The molecule has 0 aliphatic heterocycles. The minimum atomic E-state index is 1.23. The highest BCUT2D eigenvalue weighted by Crippen LogP contribution is 2.46. The van der Waals surface area contributed by atoms with Crippen LogP contribution in [0.1, 0.15) is 0 Å². The van der Waals surface area contributed by atoms with Crippen LogP contribution in [0.3, 0.4) is 0 Å². The third kappa shape index (κ3) is 4.38. The normalized spacial score (nSPS) is 11.5. The maximum absolute atomic E-state index is 2.39. The van der Waals surface area contributed by atoms with Crippen LogP contribution in [0.25, 0.3) is 87.6 Å². The smallest absolute Gasteiger partial charge is 0.00199 e. The first-order valence-corrected chi connectivity index (χ1v) is 15.9. The summed E-state index contributed by atoms with van der Waals surface area (Å²) >= 11 is 0. The zero-order valence-electron chi connectivity index (χ0n) is 25.3. The Bertz CT molecular complexity index is 2500. The van der Waals surface area contributed by atoms with Gasteiger partial charge >= 0.3 is 0 Å². The summed E-state index contributed by atoms with van der Waals surface area (Å²) in [5.74, 6) is 0. The molecule has 0 fully saturated rings.